The molecule has 3 rings (SSSR count). The molecular weight excluding hydrogens is 414 g/mol. The molecule has 3 N–H and O–H groups in total. The first kappa shape index (κ1) is 24.7. The Morgan fingerprint density at radius 3 is 2.70 bits per heavy atom. The fourth-order valence-corrected chi connectivity index (χ4v) is 4.32. The minimum absolute atomic E-state index is 0.0891. The number of imidazole rings is 1. The van der Waals surface area contributed by atoms with E-state index in [1.165, 1.54) is 6.20 Å². The van der Waals surface area contributed by atoms with Gasteiger partial charge in [-0.15, -0.1) is 0 Å². The van der Waals surface area contributed by atoms with E-state index < -0.39 is 11.5 Å². The molecular formula is C26H35N5O2. The highest BCUT2D eigenvalue weighted by molar-refractivity contribution is 6.03. The number of nitrogens with zero attached hydrogens (tertiary/aromatic N) is 3. The third kappa shape index (κ3) is 6.52. The predicted octanol–water partition coefficient (Wildman–Crippen LogP) is 5.57. The van der Waals surface area contributed by atoms with Crippen LogP contribution in [-0.4, -0.2) is 31.6 Å². The summed E-state index contributed by atoms with van der Waals surface area (Å²) in [4.78, 5) is 24.6. The van der Waals surface area contributed by atoms with Crippen molar-refractivity contribution in [2.45, 2.75) is 84.7 Å². The molecule has 1 amide bonds. The van der Waals surface area contributed by atoms with Crippen LogP contribution in [0.25, 0.3) is 5.57 Å². The number of anilines is 1. The third-order valence-corrected chi connectivity index (χ3v) is 6.15. The Kier molecular flexibility index (Phi) is 7.38. The lowest BCUT2D eigenvalue weighted by Crippen LogP contribution is -2.23. The van der Waals surface area contributed by atoms with Crippen molar-refractivity contribution >= 4 is 17.2 Å². The summed E-state index contributed by atoms with van der Waals surface area (Å²) in [5, 5.41) is 22.4. The Balaban J connectivity index is 1.98. The zero-order valence-electron chi connectivity index (χ0n) is 20.3. The summed E-state index contributed by atoms with van der Waals surface area (Å²) in [7, 11) is 0. The van der Waals surface area contributed by atoms with Crippen LogP contribution in [0.1, 0.15) is 107 Å². The molecule has 0 aromatic carbocycles. The number of nitrogens with one attached hydrogen (secondary N) is 2. The number of H-pyrrole nitrogens is 1. The highest BCUT2D eigenvalue weighted by Crippen LogP contribution is 2.40. The Hall–Kier alpha value is -2.98. The number of aromatic amines is 1. The number of carbonyl (C=O) groups excluding carboxylic acids is 1. The summed E-state index contributed by atoms with van der Waals surface area (Å²) in [6, 6.07) is 5.77. The summed E-state index contributed by atoms with van der Waals surface area (Å²) >= 11 is 0. The lowest BCUT2D eigenvalue weighted by atomic mass is 9.77. The van der Waals surface area contributed by atoms with Crippen LogP contribution in [0, 0.1) is 16.7 Å². The molecule has 0 radical (unpaired) electrons. The van der Waals surface area contributed by atoms with E-state index in [2.05, 4.69) is 42.1 Å². The number of carbonyl (C=O) groups is 1. The van der Waals surface area contributed by atoms with Gasteiger partial charge in [-0.3, -0.25) is 9.78 Å². The molecule has 0 bridgehead atoms. The van der Waals surface area contributed by atoms with Gasteiger partial charge in [0.25, 0.3) is 5.91 Å². The Morgan fingerprint density at radius 1 is 1.36 bits per heavy atom. The van der Waals surface area contributed by atoms with Crippen molar-refractivity contribution in [1.82, 2.24) is 15.0 Å². The van der Waals surface area contributed by atoms with Crippen molar-refractivity contribution in [3.63, 3.8) is 0 Å². The molecule has 0 saturated heterocycles. The lowest BCUT2D eigenvalue weighted by molar-refractivity contribution is 0.0613. The quantitative estimate of drug-likeness (QED) is 0.487. The summed E-state index contributed by atoms with van der Waals surface area (Å²) in [5.74, 6) is -0.195. The van der Waals surface area contributed by atoms with E-state index in [0.29, 0.717) is 12.1 Å². The van der Waals surface area contributed by atoms with Crippen LogP contribution in [0.2, 0.25) is 0 Å². The van der Waals surface area contributed by atoms with Gasteiger partial charge in [0.1, 0.15) is 6.07 Å². The van der Waals surface area contributed by atoms with Gasteiger partial charge in [0.05, 0.1) is 17.0 Å². The maximum Gasteiger partial charge on any atom is 0.291 e. The van der Waals surface area contributed by atoms with Crippen molar-refractivity contribution in [3.05, 3.63) is 47.3 Å². The van der Waals surface area contributed by atoms with Crippen molar-refractivity contribution in [3.8, 4) is 6.07 Å². The van der Waals surface area contributed by atoms with Crippen molar-refractivity contribution < 1.29 is 9.90 Å². The van der Waals surface area contributed by atoms with Crippen molar-refractivity contribution in [2.24, 2.45) is 5.41 Å². The van der Waals surface area contributed by atoms with Crippen LogP contribution < -0.4 is 5.32 Å². The van der Waals surface area contributed by atoms with Gasteiger partial charge in [-0.25, -0.2) is 4.98 Å². The zero-order chi connectivity index (χ0) is 24.2. The molecule has 0 unspecified atom stereocenters. The van der Waals surface area contributed by atoms with Gasteiger partial charge >= 0.3 is 0 Å². The number of allylic oxidation sites excluding steroid dienone is 2. The number of aromatic nitrogens is 3. The fourth-order valence-electron chi connectivity index (χ4n) is 4.32. The molecule has 176 valence electrons. The van der Waals surface area contributed by atoms with E-state index in [1.54, 1.807) is 0 Å². The maximum atomic E-state index is 12.8. The largest absolute Gasteiger partial charge is 0.390 e. The first-order chi connectivity index (χ1) is 15.5. The molecule has 0 spiro atoms. The van der Waals surface area contributed by atoms with Crippen LogP contribution in [0.15, 0.2) is 24.4 Å². The maximum absolute atomic E-state index is 12.8. The average molecular weight is 450 g/mol. The van der Waals surface area contributed by atoms with Crippen LogP contribution in [0.3, 0.4) is 0 Å². The van der Waals surface area contributed by atoms with Gasteiger partial charge in [0, 0.05) is 17.8 Å². The SMILES string of the molecule is CCC[C@@H](CC(C)(C)O)c1ccc(NC(=O)c2nc(C#N)c[nH]2)c(C2=CCC(C)(C)CC2)n1. The minimum atomic E-state index is -0.791. The molecule has 7 nitrogen and oxygen atoms in total. The molecule has 2 heterocycles. The van der Waals surface area contributed by atoms with Gasteiger partial charge in [0.15, 0.2) is 11.5 Å². The topological polar surface area (TPSA) is 115 Å². The molecule has 1 atom stereocenters. The average Bonchev–Trinajstić information content (AvgIpc) is 3.22. The van der Waals surface area contributed by atoms with Crippen LogP contribution in [0.5, 0.6) is 0 Å². The highest BCUT2D eigenvalue weighted by Gasteiger charge is 2.27. The number of aliphatic hydroxyl groups is 1. The molecule has 2 aromatic rings. The molecule has 2 aromatic heterocycles. The standard InChI is InChI=1S/C26H35N5O2/c1-6-7-18(14-26(4,5)33)20-8-9-21(31-24(32)23-28-16-19(15-27)29-23)22(30-20)17-10-12-25(2,3)13-11-17/h8-10,16,18,33H,6-7,11-14H2,1-5H3,(H,28,29)(H,31,32)/t18-/m0/s1. The monoisotopic (exact) mass is 449 g/mol. The Morgan fingerprint density at radius 2 is 2.12 bits per heavy atom. The summed E-state index contributed by atoms with van der Waals surface area (Å²) in [5.41, 5.74) is 3.09. The fraction of sp³-hybridized carbons (Fsp3) is 0.538. The number of amides is 1. The molecule has 0 fully saturated rings. The molecule has 33 heavy (non-hydrogen) atoms. The van der Waals surface area contributed by atoms with Crippen molar-refractivity contribution in [2.75, 3.05) is 5.32 Å². The van der Waals surface area contributed by atoms with E-state index in [1.807, 2.05) is 32.0 Å². The molecule has 0 aliphatic heterocycles. The second-order valence-electron chi connectivity index (χ2n) is 10.4. The highest BCUT2D eigenvalue weighted by atomic mass is 16.3. The summed E-state index contributed by atoms with van der Waals surface area (Å²) in [6.45, 7) is 10.3. The number of rotatable bonds is 8. The van der Waals surface area contributed by atoms with Gasteiger partial charge in [-0.05, 0) is 69.1 Å². The molecule has 1 aliphatic carbocycles. The third-order valence-electron chi connectivity index (χ3n) is 6.15. The van der Waals surface area contributed by atoms with Crippen LogP contribution in [-0.2, 0) is 0 Å². The smallest absolute Gasteiger partial charge is 0.291 e. The number of hydrogen-bond acceptors (Lipinski definition) is 5. The zero-order valence-corrected chi connectivity index (χ0v) is 20.3. The van der Waals surface area contributed by atoms with E-state index in [-0.39, 0.29) is 22.9 Å². The van der Waals surface area contributed by atoms with Crippen LogP contribution >= 0.6 is 0 Å². The first-order valence-corrected chi connectivity index (χ1v) is 11.7. The number of pyridine rings is 1. The molecule has 7 heteroatoms. The summed E-state index contributed by atoms with van der Waals surface area (Å²) < 4.78 is 0. The normalized spacial score (nSPS) is 16.6. The van der Waals surface area contributed by atoms with E-state index in [0.717, 1.165) is 49.1 Å². The van der Waals surface area contributed by atoms with Crippen molar-refractivity contribution in [1.29, 1.82) is 5.26 Å². The van der Waals surface area contributed by atoms with Gasteiger partial charge in [-0.1, -0.05) is 33.3 Å². The summed E-state index contributed by atoms with van der Waals surface area (Å²) in [6.07, 6.45) is 9.07. The van der Waals surface area contributed by atoms with Crippen LogP contribution in [0.4, 0.5) is 5.69 Å². The van der Waals surface area contributed by atoms with E-state index >= 15 is 0 Å². The first-order valence-electron chi connectivity index (χ1n) is 11.7. The van der Waals surface area contributed by atoms with Gasteiger partial charge in [-0.2, -0.15) is 5.26 Å². The van der Waals surface area contributed by atoms with Gasteiger partial charge in [0.2, 0.25) is 0 Å². The second kappa shape index (κ2) is 9.88. The van der Waals surface area contributed by atoms with Gasteiger partial charge < -0.3 is 15.4 Å². The van der Waals surface area contributed by atoms with E-state index in [4.69, 9.17) is 10.2 Å². The number of nitriles is 1. The predicted molar refractivity (Wildman–Crippen MR) is 130 cm³/mol. The minimum Gasteiger partial charge on any atom is -0.390 e. The lowest BCUT2D eigenvalue weighted by Gasteiger charge is -2.30. The van der Waals surface area contributed by atoms with E-state index in [9.17, 15) is 9.90 Å². The Labute approximate surface area is 196 Å². The Bertz CT molecular complexity index is 1070. The molecule has 1 aliphatic rings. The second-order valence-corrected chi connectivity index (χ2v) is 10.4. The number of hydrogen-bond donors (Lipinski definition) is 3. The molecule has 0 saturated carbocycles.